The summed E-state index contributed by atoms with van der Waals surface area (Å²) in [5.74, 6) is 2.10. The zero-order chi connectivity index (χ0) is 13.3. The lowest BCUT2D eigenvalue weighted by Gasteiger charge is -2.27. The van der Waals surface area contributed by atoms with E-state index in [9.17, 15) is 0 Å². The molecular weight excluding hydrogens is 347 g/mol. The third-order valence-corrected chi connectivity index (χ3v) is 4.27. The van der Waals surface area contributed by atoms with Gasteiger partial charge in [0.1, 0.15) is 0 Å². The Labute approximate surface area is 121 Å². The van der Waals surface area contributed by atoms with Crippen molar-refractivity contribution in [2.24, 2.45) is 0 Å². The molecule has 1 aliphatic heterocycles. The molecule has 0 spiro atoms. The molecule has 2 rings (SSSR count). The van der Waals surface area contributed by atoms with E-state index < -0.39 is 0 Å². The van der Waals surface area contributed by atoms with Crippen LogP contribution in [0, 0.1) is 3.57 Å². The number of rotatable bonds is 3. The lowest BCUT2D eigenvalue weighted by atomic mass is 9.97. The monoisotopic (exact) mass is 364 g/mol. The average molecular weight is 364 g/mol. The summed E-state index contributed by atoms with van der Waals surface area (Å²) >= 11 is 2.30. The molecule has 18 heavy (non-hydrogen) atoms. The van der Waals surface area contributed by atoms with Crippen molar-refractivity contribution in [3.8, 4) is 17.2 Å². The van der Waals surface area contributed by atoms with E-state index in [1.165, 1.54) is 5.56 Å². The van der Waals surface area contributed by atoms with Crippen LogP contribution in [0.1, 0.15) is 18.1 Å². The van der Waals surface area contributed by atoms with Crippen molar-refractivity contribution in [3.63, 3.8) is 0 Å². The molecule has 1 atom stereocenters. The fourth-order valence-corrected chi connectivity index (χ4v) is 3.28. The Morgan fingerprint density at radius 3 is 2.17 bits per heavy atom. The van der Waals surface area contributed by atoms with Crippen LogP contribution in [0.5, 0.6) is 17.2 Å². The van der Waals surface area contributed by atoms with Crippen molar-refractivity contribution in [1.82, 2.24) is 0 Å². The van der Waals surface area contributed by atoms with Crippen LogP contribution in [0.25, 0.3) is 0 Å². The minimum atomic E-state index is 0.217. The Balaban J connectivity index is 2.69. The smallest absolute Gasteiger partial charge is 0.204 e. The van der Waals surface area contributed by atoms with E-state index in [1.807, 2.05) is 0 Å². The van der Waals surface area contributed by atoms with E-state index in [0.717, 1.165) is 27.1 Å². The first-order valence-corrected chi connectivity index (χ1v) is 6.82. The van der Waals surface area contributed by atoms with Gasteiger partial charge in [-0.15, -0.1) is 0 Å². The standard InChI is InChI=1S/C13H17IO4/c1-7-5-8-9(6-18-7)11(15-2)13(17-4)12(16-3)10(8)14/h7H,5-6H2,1-4H3/t7-/m0/s1. The summed E-state index contributed by atoms with van der Waals surface area (Å²) in [4.78, 5) is 0. The van der Waals surface area contributed by atoms with Crippen LogP contribution in [0.4, 0.5) is 0 Å². The van der Waals surface area contributed by atoms with Gasteiger partial charge in [0.25, 0.3) is 0 Å². The van der Waals surface area contributed by atoms with Crippen molar-refractivity contribution in [2.75, 3.05) is 21.3 Å². The van der Waals surface area contributed by atoms with Gasteiger partial charge < -0.3 is 18.9 Å². The third kappa shape index (κ3) is 2.14. The normalized spacial score (nSPS) is 18.2. The zero-order valence-corrected chi connectivity index (χ0v) is 13.2. The van der Waals surface area contributed by atoms with Gasteiger partial charge in [-0.3, -0.25) is 0 Å². The van der Waals surface area contributed by atoms with Gasteiger partial charge in [-0.1, -0.05) is 0 Å². The molecule has 1 aromatic carbocycles. The fraction of sp³-hybridized carbons (Fsp3) is 0.538. The first-order chi connectivity index (χ1) is 8.63. The minimum absolute atomic E-state index is 0.217. The Kier molecular flexibility index (Phi) is 4.21. The van der Waals surface area contributed by atoms with Crippen LogP contribution in [0.15, 0.2) is 0 Å². The lowest BCUT2D eigenvalue weighted by molar-refractivity contribution is 0.0389. The maximum Gasteiger partial charge on any atom is 0.204 e. The maximum absolute atomic E-state index is 5.70. The molecule has 0 saturated carbocycles. The van der Waals surface area contributed by atoms with Gasteiger partial charge in [-0.25, -0.2) is 0 Å². The van der Waals surface area contributed by atoms with E-state index in [4.69, 9.17) is 18.9 Å². The van der Waals surface area contributed by atoms with Crippen LogP contribution >= 0.6 is 22.6 Å². The molecule has 1 aromatic rings. The lowest BCUT2D eigenvalue weighted by Crippen LogP contribution is -2.21. The Morgan fingerprint density at radius 1 is 1.00 bits per heavy atom. The summed E-state index contributed by atoms with van der Waals surface area (Å²) in [6.45, 7) is 2.62. The minimum Gasteiger partial charge on any atom is -0.492 e. The number of fused-ring (bicyclic) bond motifs is 1. The number of halogens is 1. The summed E-state index contributed by atoms with van der Waals surface area (Å²) in [7, 11) is 4.91. The predicted octanol–water partition coefficient (Wildman–Crippen LogP) is 2.78. The topological polar surface area (TPSA) is 36.9 Å². The summed E-state index contributed by atoms with van der Waals surface area (Å²) in [5.41, 5.74) is 2.31. The first kappa shape index (κ1) is 13.7. The highest BCUT2D eigenvalue weighted by atomic mass is 127. The van der Waals surface area contributed by atoms with Gasteiger partial charge in [-0.2, -0.15) is 0 Å². The Bertz CT molecular complexity index is 459. The molecular formula is C13H17IO4. The average Bonchev–Trinajstić information content (AvgIpc) is 2.38. The molecule has 0 saturated heterocycles. The molecule has 0 aliphatic carbocycles. The molecule has 0 unspecified atom stereocenters. The molecule has 1 aliphatic rings. The van der Waals surface area contributed by atoms with Gasteiger partial charge >= 0.3 is 0 Å². The molecule has 4 nitrogen and oxygen atoms in total. The second kappa shape index (κ2) is 5.52. The second-order valence-corrected chi connectivity index (χ2v) is 5.28. The van der Waals surface area contributed by atoms with Crippen molar-refractivity contribution in [1.29, 1.82) is 0 Å². The SMILES string of the molecule is COc1c(I)c2c(c(OC)c1OC)CO[C@@H](C)C2. The molecule has 0 bridgehead atoms. The molecule has 0 aromatic heterocycles. The molecule has 0 amide bonds. The first-order valence-electron chi connectivity index (χ1n) is 5.74. The van der Waals surface area contributed by atoms with Gasteiger partial charge in [-0.05, 0) is 35.1 Å². The van der Waals surface area contributed by atoms with Crippen molar-refractivity contribution in [3.05, 3.63) is 14.7 Å². The number of hydrogen-bond acceptors (Lipinski definition) is 4. The van der Waals surface area contributed by atoms with Gasteiger partial charge in [0.05, 0.1) is 37.6 Å². The van der Waals surface area contributed by atoms with Crippen LogP contribution < -0.4 is 14.2 Å². The largest absolute Gasteiger partial charge is 0.492 e. The van der Waals surface area contributed by atoms with E-state index in [1.54, 1.807) is 21.3 Å². The second-order valence-electron chi connectivity index (χ2n) is 4.20. The number of benzene rings is 1. The molecule has 100 valence electrons. The molecule has 0 fully saturated rings. The quantitative estimate of drug-likeness (QED) is 0.773. The Hall–Kier alpha value is -0.690. The van der Waals surface area contributed by atoms with Crippen LogP contribution in [-0.4, -0.2) is 27.4 Å². The van der Waals surface area contributed by atoms with E-state index in [2.05, 4.69) is 29.5 Å². The highest BCUT2D eigenvalue weighted by Gasteiger charge is 2.29. The van der Waals surface area contributed by atoms with Gasteiger partial charge in [0, 0.05) is 12.0 Å². The molecule has 5 heteroatoms. The third-order valence-electron chi connectivity index (χ3n) is 3.13. The van der Waals surface area contributed by atoms with Crippen molar-refractivity contribution >= 4 is 22.6 Å². The summed E-state index contributed by atoms with van der Waals surface area (Å²) < 4.78 is 23.1. The van der Waals surface area contributed by atoms with E-state index >= 15 is 0 Å². The van der Waals surface area contributed by atoms with Crippen molar-refractivity contribution < 1.29 is 18.9 Å². The van der Waals surface area contributed by atoms with Crippen LogP contribution in [-0.2, 0) is 17.8 Å². The Morgan fingerprint density at radius 2 is 1.61 bits per heavy atom. The summed E-state index contributed by atoms with van der Waals surface area (Å²) in [5, 5.41) is 0. The summed E-state index contributed by atoms with van der Waals surface area (Å²) in [6.07, 6.45) is 1.08. The fourth-order valence-electron chi connectivity index (χ4n) is 2.27. The van der Waals surface area contributed by atoms with Gasteiger partial charge in [0.15, 0.2) is 11.5 Å². The summed E-state index contributed by atoms with van der Waals surface area (Å²) in [6, 6.07) is 0. The predicted molar refractivity (Wildman–Crippen MR) is 76.8 cm³/mol. The van der Waals surface area contributed by atoms with Crippen molar-refractivity contribution in [2.45, 2.75) is 26.1 Å². The van der Waals surface area contributed by atoms with E-state index in [-0.39, 0.29) is 6.10 Å². The van der Waals surface area contributed by atoms with Crippen LogP contribution in [0.2, 0.25) is 0 Å². The molecule has 1 heterocycles. The number of hydrogen-bond donors (Lipinski definition) is 0. The highest BCUT2D eigenvalue weighted by molar-refractivity contribution is 14.1. The van der Waals surface area contributed by atoms with Crippen LogP contribution in [0.3, 0.4) is 0 Å². The molecule has 0 radical (unpaired) electrons. The van der Waals surface area contributed by atoms with E-state index in [0.29, 0.717) is 12.4 Å². The molecule has 0 N–H and O–H groups in total. The number of methoxy groups -OCH3 is 3. The highest BCUT2D eigenvalue weighted by Crippen LogP contribution is 2.47. The zero-order valence-electron chi connectivity index (χ0n) is 11.0. The number of ether oxygens (including phenoxy) is 4. The maximum atomic E-state index is 5.70. The van der Waals surface area contributed by atoms with Gasteiger partial charge in [0.2, 0.25) is 5.75 Å².